The number of hydrogen-bond acceptors (Lipinski definition) is 6. The molecule has 0 atom stereocenters. The second kappa shape index (κ2) is 8.12. The van der Waals surface area contributed by atoms with Crippen molar-refractivity contribution in [2.24, 2.45) is 5.73 Å². The summed E-state index contributed by atoms with van der Waals surface area (Å²) in [4.78, 5) is 18.5. The van der Waals surface area contributed by atoms with Crippen LogP contribution in [0.4, 0.5) is 11.4 Å². The highest BCUT2D eigenvalue weighted by molar-refractivity contribution is 5.93. The number of amides is 1. The Kier molecular flexibility index (Phi) is 5.12. The van der Waals surface area contributed by atoms with Crippen molar-refractivity contribution in [2.45, 2.75) is 25.8 Å². The molecule has 33 heavy (non-hydrogen) atoms. The van der Waals surface area contributed by atoms with Crippen LogP contribution in [0.25, 0.3) is 16.9 Å². The molecule has 1 amide bonds. The highest BCUT2D eigenvalue weighted by Gasteiger charge is 2.28. The van der Waals surface area contributed by atoms with Crippen LogP contribution in [0.1, 0.15) is 28.9 Å². The number of ether oxygens (including phenoxy) is 1. The second-order valence-corrected chi connectivity index (χ2v) is 8.28. The fourth-order valence-electron chi connectivity index (χ4n) is 4.07. The summed E-state index contributed by atoms with van der Waals surface area (Å²) >= 11 is 0. The zero-order valence-electron chi connectivity index (χ0n) is 18.9. The molecule has 0 bridgehead atoms. The molecule has 2 aromatic carbocycles. The number of nitrogens with two attached hydrogens (primary N) is 1. The van der Waals surface area contributed by atoms with Crippen LogP contribution < -0.4 is 20.7 Å². The minimum absolute atomic E-state index is 0.453. The molecule has 3 N–H and O–H groups in total. The smallest absolute Gasteiger partial charge is 0.248 e. The predicted molar refractivity (Wildman–Crippen MR) is 129 cm³/mol. The highest BCUT2D eigenvalue weighted by atomic mass is 16.5. The molecule has 2 heterocycles. The summed E-state index contributed by atoms with van der Waals surface area (Å²) in [7, 11) is 3.95. The van der Waals surface area contributed by atoms with Crippen LogP contribution in [0.2, 0.25) is 0 Å². The third-order valence-electron chi connectivity index (χ3n) is 6.00. The van der Waals surface area contributed by atoms with Gasteiger partial charge in [0.15, 0.2) is 11.4 Å². The number of primary amides is 1. The summed E-state index contributed by atoms with van der Waals surface area (Å²) in [6, 6.07) is 17.5. The minimum atomic E-state index is -0.461. The third kappa shape index (κ3) is 3.84. The van der Waals surface area contributed by atoms with E-state index in [1.807, 2.05) is 50.4 Å². The summed E-state index contributed by atoms with van der Waals surface area (Å²) in [5.41, 5.74) is 10.9. The summed E-state index contributed by atoms with van der Waals surface area (Å²) < 4.78 is 8.09. The van der Waals surface area contributed by atoms with Gasteiger partial charge < -0.3 is 20.7 Å². The van der Waals surface area contributed by atoms with Gasteiger partial charge in [-0.1, -0.05) is 24.3 Å². The van der Waals surface area contributed by atoms with Gasteiger partial charge in [0.1, 0.15) is 0 Å². The average molecular weight is 443 g/mol. The lowest BCUT2D eigenvalue weighted by molar-refractivity contribution is 0.100. The molecule has 8 nitrogen and oxygen atoms in total. The monoisotopic (exact) mass is 442 g/mol. The molecule has 0 unspecified atom stereocenters. The van der Waals surface area contributed by atoms with Crippen LogP contribution in [0.5, 0.6) is 11.6 Å². The molecule has 168 valence electrons. The SMILES string of the molecule is CNc1cc(Oc2ccccc2N(C)C2CC2)nn2c(-c3ccc(C(N)=O)cc3)c(C)nc12. The van der Waals surface area contributed by atoms with E-state index >= 15 is 0 Å². The number of nitrogens with zero attached hydrogens (tertiary/aromatic N) is 4. The highest BCUT2D eigenvalue weighted by Crippen LogP contribution is 2.38. The molecule has 1 aliphatic carbocycles. The van der Waals surface area contributed by atoms with Crippen molar-refractivity contribution < 1.29 is 9.53 Å². The van der Waals surface area contributed by atoms with Crippen molar-refractivity contribution in [3.63, 3.8) is 0 Å². The van der Waals surface area contributed by atoms with Crippen LogP contribution in [-0.4, -0.2) is 40.6 Å². The van der Waals surface area contributed by atoms with Gasteiger partial charge in [-0.3, -0.25) is 4.79 Å². The molecular weight excluding hydrogens is 416 g/mol. The Morgan fingerprint density at radius 1 is 1.18 bits per heavy atom. The Morgan fingerprint density at radius 2 is 1.91 bits per heavy atom. The van der Waals surface area contributed by atoms with E-state index in [-0.39, 0.29) is 0 Å². The van der Waals surface area contributed by atoms with E-state index in [1.54, 1.807) is 16.6 Å². The fourth-order valence-corrected chi connectivity index (χ4v) is 4.07. The number of carbonyl (C=O) groups excluding carboxylic acids is 1. The van der Waals surface area contributed by atoms with Gasteiger partial charge in [0, 0.05) is 37.3 Å². The van der Waals surface area contributed by atoms with E-state index in [1.165, 1.54) is 12.8 Å². The number of imidazole rings is 1. The molecule has 1 aliphatic rings. The molecule has 8 heteroatoms. The maximum absolute atomic E-state index is 11.5. The molecule has 1 saturated carbocycles. The zero-order chi connectivity index (χ0) is 23.1. The van der Waals surface area contributed by atoms with Gasteiger partial charge >= 0.3 is 0 Å². The molecular formula is C25H26N6O2. The molecule has 0 saturated heterocycles. The predicted octanol–water partition coefficient (Wildman–Crippen LogP) is 4.24. The van der Waals surface area contributed by atoms with Crippen molar-refractivity contribution in [3.8, 4) is 22.9 Å². The zero-order valence-corrected chi connectivity index (χ0v) is 18.9. The summed E-state index contributed by atoms with van der Waals surface area (Å²) in [6.45, 7) is 1.94. The van der Waals surface area contributed by atoms with E-state index in [2.05, 4.69) is 23.3 Å². The Hall–Kier alpha value is -4.07. The Morgan fingerprint density at radius 3 is 2.58 bits per heavy atom. The van der Waals surface area contributed by atoms with Crippen LogP contribution in [-0.2, 0) is 0 Å². The van der Waals surface area contributed by atoms with Gasteiger partial charge in [0.05, 0.1) is 22.8 Å². The van der Waals surface area contributed by atoms with E-state index < -0.39 is 5.91 Å². The van der Waals surface area contributed by atoms with Gasteiger partial charge in [-0.25, -0.2) is 9.50 Å². The van der Waals surface area contributed by atoms with Crippen LogP contribution in [0.3, 0.4) is 0 Å². The first kappa shape index (κ1) is 20.8. The van der Waals surface area contributed by atoms with Crippen molar-refractivity contribution in [1.29, 1.82) is 0 Å². The summed E-state index contributed by atoms with van der Waals surface area (Å²) in [5, 5.41) is 7.98. The van der Waals surface area contributed by atoms with Gasteiger partial charge in [-0.05, 0) is 44.0 Å². The van der Waals surface area contributed by atoms with E-state index in [0.29, 0.717) is 23.1 Å². The maximum Gasteiger partial charge on any atom is 0.248 e. The van der Waals surface area contributed by atoms with Crippen LogP contribution in [0.15, 0.2) is 54.6 Å². The van der Waals surface area contributed by atoms with Crippen molar-refractivity contribution in [2.75, 3.05) is 24.3 Å². The molecule has 5 rings (SSSR count). The lowest BCUT2D eigenvalue weighted by atomic mass is 10.1. The van der Waals surface area contributed by atoms with Gasteiger partial charge in [-0.15, -0.1) is 5.10 Å². The van der Waals surface area contributed by atoms with E-state index in [4.69, 9.17) is 20.6 Å². The number of anilines is 2. The van der Waals surface area contributed by atoms with Gasteiger partial charge in [0.2, 0.25) is 11.8 Å². The third-order valence-corrected chi connectivity index (χ3v) is 6.00. The lowest BCUT2D eigenvalue weighted by Crippen LogP contribution is -2.19. The van der Waals surface area contributed by atoms with Crippen LogP contribution >= 0.6 is 0 Å². The van der Waals surface area contributed by atoms with Gasteiger partial charge in [0.25, 0.3) is 0 Å². The number of hydrogen-bond donors (Lipinski definition) is 2. The molecule has 0 spiro atoms. The van der Waals surface area contributed by atoms with Crippen molar-refractivity contribution in [1.82, 2.24) is 14.6 Å². The molecule has 2 aromatic heterocycles. The average Bonchev–Trinajstić information content (AvgIpc) is 3.61. The number of aromatic nitrogens is 3. The summed E-state index contributed by atoms with van der Waals surface area (Å²) in [5.74, 6) is 0.749. The van der Waals surface area contributed by atoms with Crippen LogP contribution in [0, 0.1) is 6.92 Å². The number of para-hydroxylation sites is 2. The molecule has 0 aliphatic heterocycles. The lowest BCUT2D eigenvalue weighted by Gasteiger charge is -2.21. The number of benzene rings is 2. The number of nitrogens with one attached hydrogen (secondary N) is 1. The molecule has 1 fully saturated rings. The topological polar surface area (TPSA) is 97.8 Å². The molecule has 0 radical (unpaired) electrons. The molecule has 4 aromatic rings. The Bertz CT molecular complexity index is 1340. The van der Waals surface area contributed by atoms with Crippen molar-refractivity contribution in [3.05, 3.63) is 65.9 Å². The first-order chi connectivity index (χ1) is 16.0. The maximum atomic E-state index is 11.5. The fraction of sp³-hybridized carbons (Fsp3) is 0.240. The van der Waals surface area contributed by atoms with E-state index in [9.17, 15) is 4.79 Å². The number of rotatable bonds is 7. The Labute approximate surface area is 192 Å². The first-order valence-corrected chi connectivity index (χ1v) is 10.9. The standard InChI is InChI=1S/C25H26N6O2/c1-15-23(16-8-10-17(11-9-16)24(26)32)31-25(28-15)19(27-2)14-22(29-31)33-21-7-5-4-6-20(21)30(3)18-12-13-18/h4-11,14,18,27H,12-13H2,1-3H3,(H2,26,32). The normalized spacial score (nSPS) is 13.2. The van der Waals surface area contributed by atoms with Gasteiger partial charge in [-0.2, -0.15) is 0 Å². The van der Waals surface area contributed by atoms with E-state index in [0.717, 1.165) is 34.1 Å². The number of carbonyl (C=O) groups is 1. The minimum Gasteiger partial charge on any atom is -0.435 e. The first-order valence-electron chi connectivity index (χ1n) is 10.9. The quantitative estimate of drug-likeness (QED) is 0.444. The second-order valence-electron chi connectivity index (χ2n) is 8.28. The number of fused-ring (bicyclic) bond motifs is 1. The Balaban J connectivity index is 1.59. The van der Waals surface area contributed by atoms with Crippen molar-refractivity contribution >= 4 is 22.9 Å². The summed E-state index contributed by atoms with van der Waals surface area (Å²) in [6.07, 6.45) is 2.40. The number of aryl methyl sites for hydroxylation is 1. The largest absolute Gasteiger partial charge is 0.435 e.